The van der Waals surface area contributed by atoms with E-state index in [1.807, 2.05) is 0 Å². The molecule has 0 aliphatic heterocycles. The highest BCUT2D eigenvalue weighted by atomic mass is 127. The zero-order valence-electron chi connectivity index (χ0n) is 4.08. The Morgan fingerprint density at radius 2 is 2.00 bits per heavy atom. The average molecular weight is 325 g/mol. The molecule has 0 heterocycles. The highest BCUT2D eigenvalue weighted by molar-refractivity contribution is 14.1. The maximum Gasteiger partial charge on any atom is 0.0479 e. The van der Waals surface area contributed by atoms with Gasteiger partial charge in [0.25, 0.3) is 0 Å². The molecule has 0 aliphatic rings. The molecule has 0 aromatic rings. The van der Waals surface area contributed by atoms with Gasteiger partial charge in [-0.1, -0.05) is 45.2 Å². The first-order valence-electron chi connectivity index (χ1n) is 2.24. The van der Waals surface area contributed by atoms with Crippen LogP contribution >= 0.6 is 45.2 Å². The zero-order valence-corrected chi connectivity index (χ0v) is 8.40. The fraction of sp³-hybridized carbons (Fsp3) is 1.00. The predicted molar refractivity (Wildman–Crippen MR) is 50.4 cm³/mol. The van der Waals surface area contributed by atoms with Gasteiger partial charge in [0.1, 0.15) is 0 Å². The Labute approximate surface area is 71.9 Å². The number of nitrogens with one attached hydrogen (secondary N) is 1. The van der Waals surface area contributed by atoms with E-state index in [-0.39, 0.29) is 0 Å². The quantitative estimate of drug-likeness (QED) is 0.360. The molecular weight excluding hydrogens is 316 g/mol. The van der Waals surface area contributed by atoms with Gasteiger partial charge in [-0.2, -0.15) is 0 Å². The lowest BCUT2D eigenvalue weighted by atomic mass is 10.5. The number of hydrogen-bond acceptors (Lipinski definition) is 1. The van der Waals surface area contributed by atoms with Crippen LogP contribution in [0.2, 0.25) is 0 Å². The molecule has 0 fully saturated rings. The first-order chi connectivity index (χ1) is 3.41. The summed E-state index contributed by atoms with van der Waals surface area (Å²) in [5.74, 6) is 0. The van der Waals surface area contributed by atoms with Gasteiger partial charge in [-0.3, -0.25) is 0 Å². The van der Waals surface area contributed by atoms with Crippen molar-refractivity contribution >= 4 is 45.2 Å². The van der Waals surface area contributed by atoms with E-state index in [4.69, 9.17) is 0 Å². The topological polar surface area (TPSA) is 12.0 Å². The van der Waals surface area contributed by atoms with Crippen molar-refractivity contribution in [2.45, 2.75) is 6.42 Å². The predicted octanol–water partition coefficient (Wildman–Crippen LogP) is 1.79. The van der Waals surface area contributed by atoms with Gasteiger partial charge >= 0.3 is 0 Å². The largest absolute Gasteiger partial charge is 0.308 e. The Hall–Kier alpha value is 1.42. The first-order valence-corrected chi connectivity index (χ1v) is 5.29. The summed E-state index contributed by atoms with van der Waals surface area (Å²) in [7, 11) is 0. The number of rotatable bonds is 4. The molecule has 0 spiro atoms. The van der Waals surface area contributed by atoms with Crippen LogP contribution in [-0.2, 0) is 0 Å². The van der Waals surface area contributed by atoms with Gasteiger partial charge in [-0.25, -0.2) is 0 Å². The third-order valence-electron chi connectivity index (χ3n) is 0.582. The van der Waals surface area contributed by atoms with Crippen molar-refractivity contribution in [3.8, 4) is 0 Å². The highest BCUT2D eigenvalue weighted by Gasteiger charge is 1.79. The summed E-state index contributed by atoms with van der Waals surface area (Å²) < 4.78 is 2.34. The van der Waals surface area contributed by atoms with Crippen LogP contribution in [0.25, 0.3) is 0 Å². The molecule has 0 rings (SSSR count). The lowest BCUT2D eigenvalue weighted by Gasteiger charge is -1.93. The van der Waals surface area contributed by atoms with Crippen molar-refractivity contribution < 1.29 is 0 Å². The molecule has 0 atom stereocenters. The number of halogens is 2. The lowest BCUT2D eigenvalue weighted by Crippen LogP contribution is -2.11. The number of alkyl halides is 2. The maximum atomic E-state index is 3.23. The van der Waals surface area contributed by atoms with Gasteiger partial charge in [-0.15, -0.1) is 0 Å². The van der Waals surface area contributed by atoms with E-state index in [1.165, 1.54) is 17.4 Å². The Morgan fingerprint density at radius 1 is 1.29 bits per heavy atom. The summed E-state index contributed by atoms with van der Waals surface area (Å²) in [6.45, 7) is 1.17. The van der Waals surface area contributed by atoms with Crippen molar-refractivity contribution in [2.24, 2.45) is 0 Å². The fourth-order valence-corrected chi connectivity index (χ4v) is 1.02. The fourth-order valence-electron chi connectivity index (χ4n) is 0.259. The molecule has 3 heteroatoms. The Kier molecular flexibility index (Phi) is 8.93. The van der Waals surface area contributed by atoms with Gasteiger partial charge in [0.15, 0.2) is 0 Å². The summed E-state index contributed by atoms with van der Waals surface area (Å²) in [4.78, 5) is 0. The van der Waals surface area contributed by atoms with E-state index in [2.05, 4.69) is 50.5 Å². The van der Waals surface area contributed by atoms with Crippen molar-refractivity contribution in [3.63, 3.8) is 0 Å². The van der Waals surface area contributed by atoms with Crippen molar-refractivity contribution in [1.82, 2.24) is 5.32 Å². The Morgan fingerprint density at radius 3 is 2.43 bits per heavy atom. The molecule has 0 aromatic carbocycles. The van der Waals surface area contributed by atoms with E-state index in [0.29, 0.717) is 0 Å². The molecule has 0 amide bonds. The van der Waals surface area contributed by atoms with Crippen LogP contribution in [0.3, 0.4) is 0 Å². The van der Waals surface area contributed by atoms with Crippen LogP contribution in [0.4, 0.5) is 0 Å². The van der Waals surface area contributed by atoms with Crippen LogP contribution in [0.5, 0.6) is 0 Å². The maximum absolute atomic E-state index is 3.23. The third-order valence-corrected chi connectivity index (χ3v) is 1.88. The Balaban J connectivity index is 2.45. The standard InChI is InChI=1S/C4H9I2N/c5-2-1-3-7-4-6/h7H,1-4H2. The van der Waals surface area contributed by atoms with Crippen molar-refractivity contribution in [3.05, 3.63) is 0 Å². The van der Waals surface area contributed by atoms with Gasteiger partial charge in [0.2, 0.25) is 0 Å². The molecular formula is C4H9I2N. The van der Waals surface area contributed by atoms with Gasteiger partial charge < -0.3 is 5.32 Å². The highest BCUT2D eigenvalue weighted by Crippen LogP contribution is 1.85. The number of hydrogen-bond donors (Lipinski definition) is 1. The molecule has 44 valence electrons. The molecule has 1 N–H and O–H groups in total. The first kappa shape index (κ1) is 8.42. The van der Waals surface area contributed by atoms with Crippen LogP contribution in [0.15, 0.2) is 0 Å². The second-order valence-corrected chi connectivity index (χ2v) is 3.02. The molecule has 0 aliphatic carbocycles. The molecule has 7 heavy (non-hydrogen) atoms. The second-order valence-electron chi connectivity index (χ2n) is 1.18. The Bertz CT molecular complexity index is 28.9. The average Bonchev–Trinajstić information content (AvgIpc) is 1.69. The van der Waals surface area contributed by atoms with Crippen LogP contribution in [0, 0.1) is 0 Å². The molecule has 0 bridgehead atoms. The van der Waals surface area contributed by atoms with Gasteiger partial charge in [0.05, 0.1) is 0 Å². The van der Waals surface area contributed by atoms with E-state index in [0.717, 1.165) is 4.55 Å². The minimum absolute atomic E-state index is 1.08. The molecule has 0 unspecified atom stereocenters. The van der Waals surface area contributed by atoms with Gasteiger partial charge in [-0.05, 0) is 13.0 Å². The van der Waals surface area contributed by atoms with Crippen molar-refractivity contribution in [1.29, 1.82) is 0 Å². The smallest absolute Gasteiger partial charge is 0.0479 e. The van der Waals surface area contributed by atoms with Crippen molar-refractivity contribution in [2.75, 3.05) is 15.5 Å². The summed E-state index contributed by atoms with van der Waals surface area (Å²) in [5.41, 5.74) is 0. The van der Waals surface area contributed by atoms with E-state index < -0.39 is 0 Å². The molecule has 0 saturated heterocycles. The SMILES string of the molecule is ICCCNCI. The summed E-state index contributed by atoms with van der Waals surface area (Å²) in [6, 6.07) is 0. The minimum Gasteiger partial charge on any atom is -0.308 e. The molecule has 1 nitrogen and oxygen atoms in total. The third kappa shape index (κ3) is 7.42. The summed E-state index contributed by atoms with van der Waals surface area (Å²) in [5, 5.41) is 3.23. The van der Waals surface area contributed by atoms with Crippen LogP contribution in [-0.4, -0.2) is 15.5 Å². The summed E-state index contributed by atoms with van der Waals surface area (Å²) in [6.07, 6.45) is 1.30. The molecule has 0 radical (unpaired) electrons. The van der Waals surface area contributed by atoms with E-state index in [9.17, 15) is 0 Å². The lowest BCUT2D eigenvalue weighted by molar-refractivity contribution is 0.776. The van der Waals surface area contributed by atoms with Crippen LogP contribution < -0.4 is 5.32 Å². The van der Waals surface area contributed by atoms with E-state index in [1.54, 1.807) is 0 Å². The van der Waals surface area contributed by atoms with Gasteiger partial charge in [0, 0.05) is 8.98 Å². The minimum atomic E-state index is 1.08. The summed E-state index contributed by atoms with van der Waals surface area (Å²) >= 11 is 4.70. The molecule has 0 saturated carbocycles. The normalized spacial score (nSPS) is 9.43. The molecule has 0 aromatic heterocycles. The monoisotopic (exact) mass is 325 g/mol. The second kappa shape index (κ2) is 7.42. The van der Waals surface area contributed by atoms with E-state index >= 15 is 0 Å². The zero-order chi connectivity index (χ0) is 5.54. The van der Waals surface area contributed by atoms with Crippen LogP contribution in [0.1, 0.15) is 6.42 Å².